The molecule has 2 fully saturated rings. The van der Waals surface area contributed by atoms with E-state index < -0.39 is 0 Å². The van der Waals surface area contributed by atoms with Crippen molar-refractivity contribution in [2.45, 2.75) is 64.0 Å². The Bertz CT molecular complexity index is 269. The minimum absolute atomic E-state index is 0.122. The van der Waals surface area contributed by atoms with Crippen LogP contribution in [0.5, 0.6) is 0 Å². The fourth-order valence-electron chi connectivity index (χ4n) is 3.12. The summed E-state index contributed by atoms with van der Waals surface area (Å²) in [6.07, 6.45) is 8.87. The highest BCUT2D eigenvalue weighted by Gasteiger charge is 2.26. The summed E-state index contributed by atoms with van der Waals surface area (Å²) in [5.74, 6) is 1.01. The van der Waals surface area contributed by atoms with Gasteiger partial charge in [-0.1, -0.05) is 26.2 Å². The number of nitrogens with one attached hydrogen (secondary N) is 2. The third-order valence-corrected chi connectivity index (χ3v) is 4.40. The van der Waals surface area contributed by atoms with Crippen LogP contribution in [-0.2, 0) is 9.53 Å². The van der Waals surface area contributed by atoms with Crippen LogP contribution in [0.2, 0.25) is 0 Å². The molecule has 110 valence electrons. The molecule has 4 nitrogen and oxygen atoms in total. The van der Waals surface area contributed by atoms with Crippen molar-refractivity contribution in [1.29, 1.82) is 0 Å². The standard InChI is InChI=1S/C15H28N2O2/c1-2-3-4-12-5-7-13(8-6-12)17-15(18)14-11-19-10-9-16-14/h12-14,16H,2-11H2,1H3,(H,17,18). The zero-order chi connectivity index (χ0) is 13.5. The smallest absolute Gasteiger partial charge is 0.239 e. The number of hydrogen-bond donors (Lipinski definition) is 2. The van der Waals surface area contributed by atoms with E-state index in [4.69, 9.17) is 4.74 Å². The lowest BCUT2D eigenvalue weighted by Crippen LogP contribution is -2.53. The molecule has 0 bridgehead atoms. The molecule has 19 heavy (non-hydrogen) atoms. The van der Waals surface area contributed by atoms with Crippen LogP contribution in [-0.4, -0.2) is 37.7 Å². The highest BCUT2D eigenvalue weighted by atomic mass is 16.5. The molecule has 4 heteroatoms. The van der Waals surface area contributed by atoms with Crippen molar-refractivity contribution in [3.05, 3.63) is 0 Å². The topological polar surface area (TPSA) is 50.4 Å². The second-order valence-electron chi connectivity index (χ2n) is 5.95. The summed E-state index contributed by atoms with van der Waals surface area (Å²) in [5.41, 5.74) is 0. The summed E-state index contributed by atoms with van der Waals surface area (Å²) in [5, 5.41) is 6.39. The van der Waals surface area contributed by atoms with Crippen molar-refractivity contribution in [3.8, 4) is 0 Å². The molecule has 0 radical (unpaired) electrons. The number of amides is 1. The first-order chi connectivity index (χ1) is 9.29. The van der Waals surface area contributed by atoms with E-state index in [-0.39, 0.29) is 11.9 Å². The molecule has 1 saturated heterocycles. The van der Waals surface area contributed by atoms with Gasteiger partial charge in [0.15, 0.2) is 0 Å². The lowest BCUT2D eigenvalue weighted by atomic mass is 9.83. The maximum atomic E-state index is 12.1. The highest BCUT2D eigenvalue weighted by Crippen LogP contribution is 2.28. The molecule has 0 aromatic carbocycles. The van der Waals surface area contributed by atoms with Crippen LogP contribution in [0.1, 0.15) is 51.9 Å². The molecule has 1 saturated carbocycles. The van der Waals surface area contributed by atoms with Gasteiger partial charge in [0.25, 0.3) is 0 Å². The SMILES string of the molecule is CCCCC1CCC(NC(=O)C2COCCN2)CC1. The first kappa shape index (κ1) is 14.8. The van der Waals surface area contributed by atoms with Crippen LogP contribution in [0.15, 0.2) is 0 Å². The molecule has 1 aliphatic heterocycles. The Morgan fingerprint density at radius 2 is 2.11 bits per heavy atom. The zero-order valence-corrected chi connectivity index (χ0v) is 12.1. The van der Waals surface area contributed by atoms with Gasteiger partial charge in [0, 0.05) is 12.6 Å². The Hall–Kier alpha value is -0.610. The minimum atomic E-state index is -0.147. The number of morpholine rings is 1. The fourth-order valence-corrected chi connectivity index (χ4v) is 3.12. The number of hydrogen-bond acceptors (Lipinski definition) is 3. The summed E-state index contributed by atoms with van der Waals surface area (Å²) in [6, 6.07) is 0.237. The number of unbranched alkanes of at least 4 members (excludes halogenated alkanes) is 1. The van der Waals surface area contributed by atoms with E-state index in [1.807, 2.05) is 0 Å². The summed E-state index contributed by atoms with van der Waals surface area (Å²) in [4.78, 5) is 12.1. The van der Waals surface area contributed by atoms with E-state index in [9.17, 15) is 4.79 Å². The number of carbonyl (C=O) groups is 1. The van der Waals surface area contributed by atoms with Crippen LogP contribution < -0.4 is 10.6 Å². The predicted octanol–water partition coefficient (Wildman–Crippen LogP) is 1.84. The molecule has 1 unspecified atom stereocenters. The quantitative estimate of drug-likeness (QED) is 0.800. The largest absolute Gasteiger partial charge is 0.378 e. The number of ether oxygens (including phenoxy) is 1. The average Bonchev–Trinajstić information content (AvgIpc) is 2.47. The van der Waals surface area contributed by atoms with Gasteiger partial charge < -0.3 is 15.4 Å². The van der Waals surface area contributed by atoms with Gasteiger partial charge in [0.05, 0.1) is 13.2 Å². The van der Waals surface area contributed by atoms with Crippen molar-refractivity contribution >= 4 is 5.91 Å². The first-order valence-corrected chi connectivity index (χ1v) is 7.91. The van der Waals surface area contributed by atoms with E-state index in [0.717, 1.165) is 25.3 Å². The molecule has 1 atom stereocenters. The highest BCUT2D eigenvalue weighted by molar-refractivity contribution is 5.82. The van der Waals surface area contributed by atoms with Crippen LogP contribution in [0.25, 0.3) is 0 Å². The Kier molecular flexibility index (Phi) is 6.11. The molecule has 1 amide bonds. The van der Waals surface area contributed by atoms with E-state index in [2.05, 4.69) is 17.6 Å². The molecular weight excluding hydrogens is 240 g/mol. The average molecular weight is 268 g/mol. The second-order valence-corrected chi connectivity index (χ2v) is 5.95. The van der Waals surface area contributed by atoms with Crippen LogP contribution in [0.3, 0.4) is 0 Å². The van der Waals surface area contributed by atoms with Crippen molar-refractivity contribution in [3.63, 3.8) is 0 Å². The summed E-state index contributed by atoms with van der Waals surface area (Å²) in [7, 11) is 0. The molecule has 0 aromatic rings. The Labute approximate surface area is 116 Å². The normalized spacial score (nSPS) is 31.9. The van der Waals surface area contributed by atoms with E-state index >= 15 is 0 Å². The minimum Gasteiger partial charge on any atom is -0.378 e. The predicted molar refractivity (Wildman–Crippen MR) is 76.0 cm³/mol. The Morgan fingerprint density at radius 1 is 1.32 bits per heavy atom. The van der Waals surface area contributed by atoms with E-state index in [1.54, 1.807) is 0 Å². The van der Waals surface area contributed by atoms with Gasteiger partial charge in [-0.3, -0.25) is 4.79 Å². The van der Waals surface area contributed by atoms with Gasteiger partial charge in [-0.25, -0.2) is 0 Å². The molecule has 2 N–H and O–H groups in total. The van der Waals surface area contributed by atoms with Gasteiger partial charge in [-0.2, -0.15) is 0 Å². The molecule has 0 aromatic heterocycles. The molecule has 1 aliphatic carbocycles. The summed E-state index contributed by atoms with van der Waals surface area (Å²) >= 11 is 0. The van der Waals surface area contributed by atoms with Gasteiger partial charge in [0.1, 0.15) is 6.04 Å². The molecule has 2 rings (SSSR count). The summed E-state index contributed by atoms with van der Waals surface area (Å²) in [6.45, 7) is 4.26. The first-order valence-electron chi connectivity index (χ1n) is 7.91. The van der Waals surface area contributed by atoms with Crippen molar-refractivity contribution < 1.29 is 9.53 Å². The van der Waals surface area contributed by atoms with E-state index in [0.29, 0.717) is 19.3 Å². The number of carbonyl (C=O) groups excluding carboxylic acids is 1. The summed E-state index contributed by atoms with van der Waals surface area (Å²) < 4.78 is 5.33. The molecular formula is C15H28N2O2. The van der Waals surface area contributed by atoms with Gasteiger partial charge in [-0.15, -0.1) is 0 Å². The van der Waals surface area contributed by atoms with Crippen molar-refractivity contribution in [1.82, 2.24) is 10.6 Å². The maximum Gasteiger partial charge on any atom is 0.239 e. The Balaban J connectivity index is 1.65. The van der Waals surface area contributed by atoms with Crippen molar-refractivity contribution in [2.75, 3.05) is 19.8 Å². The van der Waals surface area contributed by atoms with Gasteiger partial charge in [-0.05, 0) is 31.6 Å². The van der Waals surface area contributed by atoms with Gasteiger partial charge in [0.2, 0.25) is 5.91 Å². The van der Waals surface area contributed by atoms with Crippen LogP contribution in [0.4, 0.5) is 0 Å². The third kappa shape index (κ3) is 4.77. The van der Waals surface area contributed by atoms with Crippen LogP contribution in [0, 0.1) is 5.92 Å². The lowest BCUT2D eigenvalue weighted by Gasteiger charge is -2.31. The third-order valence-electron chi connectivity index (χ3n) is 4.40. The zero-order valence-electron chi connectivity index (χ0n) is 12.1. The monoisotopic (exact) mass is 268 g/mol. The molecule has 1 heterocycles. The van der Waals surface area contributed by atoms with Crippen LogP contribution >= 0.6 is 0 Å². The fraction of sp³-hybridized carbons (Fsp3) is 0.933. The molecule has 2 aliphatic rings. The maximum absolute atomic E-state index is 12.1. The number of rotatable bonds is 5. The lowest BCUT2D eigenvalue weighted by molar-refractivity contribution is -0.126. The van der Waals surface area contributed by atoms with E-state index in [1.165, 1.54) is 32.1 Å². The second kappa shape index (κ2) is 7.85. The molecule has 0 spiro atoms. The van der Waals surface area contributed by atoms with Crippen molar-refractivity contribution in [2.24, 2.45) is 5.92 Å². The van der Waals surface area contributed by atoms with Gasteiger partial charge >= 0.3 is 0 Å². The Morgan fingerprint density at radius 3 is 2.74 bits per heavy atom.